The molecule has 35 heavy (non-hydrogen) atoms. The lowest BCUT2D eigenvalue weighted by Gasteiger charge is -2.26. The number of aromatic nitrogens is 4. The molecule has 3 amide bonds. The molecule has 14 heteroatoms. The molecule has 3 N–H and O–H groups in total. The summed E-state index contributed by atoms with van der Waals surface area (Å²) in [5.41, 5.74) is -0.299. The van der Waals surface area contributed by atoms with Crippen LogP contribution in [0, 0.1) is 5.82 Å². The number of halogens is 2. The number of amides is 3. The van der Waals surface area contributed by atoms with Crippen LogP contribution in [0.4, 0.5) is 15.1 Å². The molecule has 2 heterocycles. The van der Waals surface area contributed by atoms with Crippen molar-refractivity contribution in [3.05, 3.63) is 51.2 Å². The Labute approximate surface area is 203 Å². The van der Waals surface area contributed by atoms with Gasteiger partial charge in [-0.3, -0.25) is 29.4 Å². The number of hydrogen-bond donors (Lipinski definition) is 3. The minimum atomic E-state index is -0.820. The normalized spacial score (nSPS) is 10.9. The number of carbonyl (C=O) groups excluding carboxylic acids is 3. The number of methoxy groups -OCH3 is 1. The summed E-state index contributed by atoms with van der Waals surface area (Å²) in [6.45, 7) is 2.83. The molecule has 0 unspecified atom stereocenters. The van der Waals surface area contributed by atoms with E-state index in [1.807, 2.05) is 0 Å². The fraction of sp³-hybridized carbons (Fsp3) is 0.333. The lowest BCUT2D eigenvalue weighted by Crippen LogP contribution is -2.45. The maximum absolute atomic E-state index is 14.0. The molecule has 0 aliphatic heterocycles. The Morgan fingerprint density at radius 3 is 2.74 bits per heavy atom. The molecule has 0 aliphatic carbocycles. The first-order chi connectivity index (χ1) is 16.6. The molecule has 0 saturated heterocycles. The van der Waals surface area contributed by atoms with Crippen LogP contribution in [0.3, 0.4) is 0 Å². The van der Waals surface area contributed by atoms with Gasteiger partial charge in [0.1, 0.15) is 17.9 Å². The Bertz CT molecular complexity index is 1320. The first-order valence-electron chi connectivity index (χ1n) is 10.4. The molecule has 0 atom stereocenters. The monoisotopic (exact) mass is 507 g/mol. The van der Waals surface area contributed by atoms with E-state index in [1.165, 1.54) is 27.9 Å². The van der Waals surface area contributed by atoms with E-state index < -0.39 is 29.3 Å². The van der Waals surface area contributed by atoms with Gasteiger partial charge in [0.15, 0.2) is 5.52 Å². The van der Waals surface area contributed by atoms with Gasteiger partial charge in [-0.2, -0.15) is 5.10 Å². The molecule has 186 valence electrons. The van der Waals surface area contributed by atoms with Crippen molar-refractivity contribution in [2.24, 2.45) is 0 Å². The average Bonchev–Trinajstić information content (AvgIpc) is 3.20. The fourth-order valence-electron chi connectivity index (χ4n) is 3.13. The molecule has 0 saturated carbocycles. The van der Waals surface area contributed by atoms with E-state index in [1.54, 1.807) is 19.9 Å². The molecule has 0 spiro atoms. The van der Waals surface area contributed by atoms with Crippen LogP contribution in [0.5, 0.6) is 0 Å². The highest BCUT2D eigenvalue weighted by Gasteiger charge is 2.22. The second-order valence-corrected chi connectivity index (χ2v) is 8.10. The summed E-state index contributed by atoms with van der Waals surface area (Å²) < 4.78 is 19.7. The molecular formula is C21H23ClFN7O5. The zero-order valence-electron chi connectivity index (χ0n) is 19.1. The number of ether oxygens (including phenoxy) is 1. The van der Waals surface area contributed by atoms with Gasteiger partial charge in [0, 0.05) is 18.2 Å². The molecule has 0 aliphatic rings. The summed E-state index contributed by atoms with van der Waals surface area (Å²) in [7, 11) is 1.16. The van der Waals surface area contributed by atoms with E-state index in [4.69, 9.17) is 11.6 Å². The lowest BCUT2D eigenvalue weighted by molar-refractivity contribution is -0.138. The van der Waals surface area contributed by atoms with E-state index in [0.29, 0.717) is 0 Å². The minimum absolute atomic E-state index is 0.0365. The van der Waals surface area contributed by atoms with Gasteiger partial charge in [-0.05, 0) is 19.9 Å². The van der Waals surface area contributed by atoms with Crippen molar-refractivity contribution in [1.29, 1.82) is 0 Å². The smallest absolute Gasteiger partial charge is 0.413 e. The zero-order valence-corrected chi connectivity index (χ0v) is 19.9. The third-order valence-corrected chi connectivity index (χ3v) is 5.18. The topological polar surface area (TPSA) is 151 Å². The number of benzene rings is 1. The first kappa shape index (κ1) is 25.6. The van der Waals surface area contributed by atoms with Crippen LogP contribution in [-0.2, 0) is 27.4 Å². The van der Waals surface area contributed by atoms with Crippen molar-refractivity contribution in [1.82, 2.24) is 30.0 Å². The molecule has 0 radical (unpaired) electrons. The molecule has 12 nitrogen and oxygen atoms in total. The van der Waals surface area contributed by atoms with Crippen molar-refractivity contribution in [3.63, 3.8) is 0 Å². The highest BCUT2D eigenvalue weighted by Crippen LogP contribution is 2.17. The number of nitrogens with zero attached hydrogens (tertiary/aromatic N) is 4. The quantitative estimate of drug-likeness (QED) is 0.419. The van der Waals surface area contributed by atoms with Crippen LogP contribution in [0.1, 0.15) is 19.4 Å². The summed E-state index contributed by atoms with van der Waals surface area (Å²) in [5, 5.41) is 8.84. The standard InChI is InChI=1S/C21H23ClFN7O5/c1-11(2)30(9-15(31)24-7-12-5-4-6-13(22)17(12)23)16(32)10-29-8-14-18(28-29)19(33)26-20(25-14)27-21(34)35-3/h4-6,8,11H,7,9-10H2,1-3H3,(H,24,31)(H2,25,26,27,33,34). The molecular weight excluding hydrogens is 485 g/mol. The number of anilines is 1. The van der Waals surface area contributed by atoms with Gasteiger partial charge in [0.2, 0.25) is 17.8 Å². The Hall–Kier alpha value is -4.00. The highest BCUT2D eigenvalue weighted by molar-refractivity contribution is 6.30. The second-order valence-electron chi connectivity index (χ2n) is 7.70. The number of fused-ring (bicyclic) bond motifs is 1. The fourth-order valence-corrected chi connectivity index (χ4v) is 3.33. The van der Waals surface area contributed by atoms with Crippen LogP contribution >= 0.6 is 11.6 Å². The molecule has 1 aromatic carbocycles. The van der Waals surface area contributed by atoms with Gasteiger partial charge in [-0.1, -0.05) is 23.7 Å². The summed E-state index contributed by atoms with van der Waals surface area (Å²) in [4.78, 5) is 56.7. The summed E-state index contributed by atoms with van der Waals surface area (Å²) in [6, 6.07) is 4.13. The van der Waals surface area contributed by atoms with E-state index in [9.17, 15) is 23.6 Å². The van der Waals surface area contributed by atoms with Gasteiger partial charge in [0.25, 0.3) is 5.56 Å². The summed E-state index contributed by atoms with van der Waals surface area (Å²) in [6.07, 6.45) is 0.546. The predicted octanol–water partition coefficient (Wildman–Crippen LogP) is 1.64. The number of aromatic amines is 1. The van der Waals surface area contributed by atoms with Crippen molar-refractivity contribution < 1.29 is 23.5 Å². The van der Waals surface area contributed by atoms with Gasteiger partial charge in [-0.25, -0.2) is 14.2 Å². The van der Waals surface area contributed by atoms with Crippen LogP contribution in [0.25, 0.3) is 11.0 Å². The molecule has 0 bridgehead atoms. The minimum Gasteiger partial charge on any atom is -0.453 e. The number of H-pyrrole nitrogens is 1. The van der Waals surface area contributed by atoms with Crippen molar-refractivity contribution >= 4 is 46.5 Å². The van der Waals surface area contributed by atoms with Crippen molar-refractivity contribution in [2.45, 2.75) is 33.0 Å². The van der Waals surface area contributed by atoms with Crippen LogP contribution < -0.4 is 16.2 Å². The SMILES string of the molecule is COC(=O)Nc1nc2cn(CC(=O)N(CC(=O)NCc3cccc(Cl)c3F)C(C)C)nc2c(=O)[nH]1. The second kappa shape index (κ2) is 11.0. The zero-order chi connectivity index (χ0) is 25.7. The first-order valence-corrected chi connectivity index (χ1v) is 10.8. The van der Waals surface area contributed by atoms with Crippen molar-refractivity contribution in [3.8, 4) is 0 Å². The maximum atomic E-state index is 14.0. The lowest BCUT2D eigenvalue weighted by atomic mass is 10.2. The Morgan fingerprint density at radius 2 is 2.06 bits per heavy atom. The summed E-state index contributed by atoms with van der Waals surface area (Å²) in [5.74, 6) is -1.70. The highest BCUT2D eigenvalue weighted by atomic mass is 35.5. The number of nitrogens with one attached hydrogen (secondary N) is 3. The van der Waals surface area contributed by atoms with Crippen LogP contribution in [0.15, 0.2) is 29.2 Å². The average molecular weight is 508 g/mol. The number of hydrogen-bond acceptors (Lipinski definition) is 7. The summed E-state index contributed by atoms with van der Waals surface area (Å²) >= 11 is 5.75. The largest absolute Gasteiger partial charge is 0.453 e. The van der Waals surface area contributed by atoms with Gasteiger partial charge in [0.05, 0.1) is 24.9 Å². The Morgan fingerprint density at radius 1 is 1.31 bits per heavy atom. The van der Waals surface area contributed by atoms with E-state index in [-0.39, 0.29) is 53.2 Å². The third-order valence-electron chi connectivity index (χ3n) is 4.89. The Kier molecular flexibility index (Phi) is 8.02. The maximum Gasteiger partial charge on any atom is 0.413 e. The van der Waals surface area contributed by atoms with Crippen LogP contribution in [-0.4, -0.2) is 62.3 Å². The van der Waals surface area contributed by atoms with Crippen LogP contribution in [0.2, 0.25) is 5.02 Å². The number of rotatable bonds is 8. The van der Waals surface area contributed by atoms with E-state index in [0.717, 1.165) is 7.11 Å². The molecule has 2 aromatic heterocycles. The van der Waals surface area contributed by atoms with E-state index in [2.05, 4.69) is 30.4 Å². The van der Waals surface area contributed by atoms with E-state index >= 15 is 0 Å². The van der Waals surface area contributed by atoms with Crippen molar-refractivity contribution in [2.75, 3.05) is 19.0 Å². The molecule has 3 aromatic rings. The predicted molar refractivity (Wildman–Crippen MR) is 124 cm³/mol. The molecule has 3 rings (SSSR count). The van der Waals surface area contributed by atoms with Gasteiger partial charge in [-0.15, -0.1) is 0 Å². The van der Waals surface area contributed by atoms with Gasteiger partial charge < -0.3 is 15.0 Å². The number of carbonyl (C=O) groups is 3. The third kappa shape index (κ3) is 6.32. The molecule has 0 fully saturated rings. The Balaban J connectivity index is 1.68. The van der Waals surface area contributed by atoms with Gasteiger partial charge >= 0.3 is 6.09 Å².